The summed E-state index contributed by atoms with van der Waals surface area (Å²) >= 11 is 0. The summed E-state index contributed by atoms with van der Waals surface area (Å²) in [5.74, 6) is 0.431. The summed E-state index contributed by atoms with van der Waals surface area (Å²) in [5.41, 5.74) is 0. The van der Waals surface area contributed by atoms with Crippen LogP contribution in [-0.2, 0) is 9.47 Å². The first-order valence-electron chi connectivity index (χ1n) is 4.69. The average Bonchev–Trinajstić information content (AvgIpc) is 2.11. The molecule has 0 aromatic heterocycles. The van der Waals surface area contributed by atoms with E-state index in [1.165, 1.54) is 0 Å². The van der Waals surface area contributed by atoms with Crippen LogP contribution in [0.5, 0.6) is 0 Å². The molecule has 0 fully saturated rings. The van der Waals surface area contributed by atoms with Gasteiger partial charge in [0.05, 0.1) is 12.7 Å². The summed E-state index contributed by atoms with van der Waals surface area (Å²) in [7, 11) is 3.47. The molecule has 0 saturated carbocycles. The molecule has 0 spiro atoms. The summed E-state index contributed by atoms with van der Waals surface area (Å²) in [5, 5.41) is 0. The predicted octanol–water partition coefficient (Wildman–Crippen LogP) is 2.64. The van der Waals surface area contributed by atoms with E-state index in [0.29, 0.717) is 12.0 Å². The molecule has 12 heavy (non-hydrogen) atoms. The van der Waals surface area contributed by atoms with Gasteiger partial charge in [0.1, 0.15) is 0 Å². The zero-order valence-corrected chi connectivity index (χ0v) is 8.67. The highest BCUT2D eigenvalue weighted by Gasteiger charge is 2.18. The lowest BCUT2D eigenvalue weighted by molar-refractivity contribution is 0.0318. The normalized spacial score (nSPS) is 16.0. The van der Waals surface area contributed by atoms with Crippen LogP contribution in [0.4, 0.5) is 0 Å². The minimum atomic E-state index is 0.319. The van der Waals surface area contributed by atoms with Crippen molar-refractivity contribution in [3.8, 4) is 0 Å². The predicted molar refractivity (Wildman–Crippen MR) is 50.8 cm³/mol. The maximum Gasteiger partial charge on any atom is 0.0889 e. The molecule has 2 nitrogen and oxygen atoms in total. The summed E-state index contributed by atoms with van der Waals surface area (Å²) in [6.07, 6.45) is 3.66. The number of hydrogen-bond acceptors (Lipinski definition) is 2. The van der Waals surface area contributed by atoms with Gasteiger partial charge >= 0.3 is 0 Å². The Bertz CT molecular complexity index is 81.8. The first-order chi connectivity index (χ1) is 5.79. The Morgan fingerprint density at radius 1 is 1.25 bits per heavy atom. The van der Waals surface area contributed by atoms with E-state index in [2.05, 4.69) is 13.8 Å². The number of ether oxygens (including phenoxy) is 2. The van der Waals surface area contributed by atoms with Gasteiger partial charge in [-0.3, -0.25) is 0 Å². The molecule has 0 aromatic carbocycles. The monoisotopic (exact) mass is 173 g/mol. The van der Waals surface area contributed by atoms with E-state index in [4.69, 9.17) is 9.47 Å². The highest BCUT2D eigenvalue weighted by Crippen LogP contribution is 2.19. The van der Waals surface area contributed by atoms with Gasteiger partial charge in [-0.25, -0.2) is 0 Å². The van der Waals surface area contributed by atoms with E-state index in [1.807, 2.05) is 6.61 Å². The van der Waals surface area contributed by atoms with E-state index in [0.717, 1.165) is 19.3 Å². The Balaban J connectivity index is 3.84. The lowest BCUT2D eigenvalue weighted by Crippen LogP contribution is -2.23. The molecule has 0 amide bonds. The molecule has 1 radical (unpaired) electrons. The molecule has 0 rings (SSSR count). The van der Waals surface area contributed by atoms with Gasteiger partial charge in [-0.05, 0) is 12.8 Å². The summed E-state index contributed by atoms with van der Waals surface area (Å²) in [4.78, 5) is 0. The zero-order chi connectivity index (χ0) is 9.40. The molecule has 2 unspecified atom stereocenters. The maximum atomic E-state index is 5.39. The third kappa shape index (κ3) is 4.07. The van der Waals surface area contributed by atoms with Crippen LogP contribution in [0, 0.1) is 12.5 Å². The third-order valence-electron chi connectivity index (χ3n) is 2.14. The van der Waals surface area contributed by atoms with E-state index in [9.17, 15) is 0 Å². The van der Waals surface area contributed by atoms with Crippen LogP contribution in [0.3, 0.4) is 0 Å². The molecule has 73 valence electrons. The standard InChI is InChI=1S/C10H21O2/c1-5-7-10(12-4)9(6-2)8-11-3/h8-10H,5-7H2,1-4H3. The Morgan fingerprint density at radius 2 is 1.92 bits per heavy atom. The Kier molecular flexibility index (Phi) is 7.51. The van der Waals surface area contributed by atoms with Crippen LogP contribution >= 0.6 is 0 Å². The van der Waals surface area contributed by atoms with Crippen LogP contribution in [-0.4, -0.2) is 20.3 Å². The summed E-state index contributed by atoms with van der Waals surface area (Å²) < 4.78 is 10.4. The Morgan fingerprint density at radius 3 is 2.25 bits per heavy atom. The lowest BCUT2D eigenvalue weighted by atomic mass is 9.97. The molecule has 0 aromatic rings. The van der Waals surface area contributed by atoms with E-state index >= 15 is 0 Å². The quantitative estimate of drug-likeness (QED) is 0.589. The third-order valence-corrected chi connectivity index (χ3v) is 2.14. The first-order valence-corrected chi connectivity index (χ1v) is 4.69. The SMILES string of the molecule is CCCC(OC)C([CH]OC)CC. The second-order valence-corrected chi connectivity index (χ2v) is 3.01. The topological polar surface area (TPSA) is 18.5 Å². The molecule has 0 aliphatic rings. The fourth-order valence-corrected chi connectivity index (χ4v) is 1.41. The molecule has 0 aliphatic heterocycles. The van der Waals surface area contributed by atoms with Crippen LogP contribution in [0.2, 0.25) is 0 Å². The van der Waals surface area contributed by atoms with Crippen molar-refractivity contribution in [2.24, 2.45) is 5.92 Å². The molecule has 0 bridgehead atoms. The number of hydrogen-bond donors (Lipinski definition) is 0. The highest BCUT2D eigenvalue weighted by molar-refractivity contribution is 4.75. The van der Waals surface area contributed by atoms with Gasteiger partial charge in [0.25, 0.3) is 0 Å². The Hall–Kier alpha value is -0.0800. The second-order valence-electron chi connectivity index (χ2n) is 3.01. The van der Waals surface area contributed by atoms with Gasteiger partial charge in [0, 0.05) is 20.1 Å². The van der Waals surface area contributed by atoms with Crippen molar-refractivity contribution in [2.75, 3.05) is 14.2 Å². The molecular weight excluding hydrogens is 152 g/mol. The molecule has 0 N–H and O–H groups in total. The van der Waals surface area contributed by atoms with Crippen molar-refractivity contribution in [3.63, 3.8) is 0 Å². The van der Waals surface area contributed by atoms with Crippen molar-refractivity contribution < 1.29 is 9.47 Å². The summed E-state index contributed by atoms with van der Waals surface area (Å²) in [6, 6.07) is 0. The van der Waals surface area contributed by atoms with E-state index in [1.54, 1.807) is 14.2 Å². The zero-order valence-electron chi connectivity index (χ0n) is 8.67. The minimum absolute atomic E-state index is 0.319. The molecular formula is C10H21O2. The van der Waals surface area contributed by atoms with Crippen molar-refractivity contribution in [3.05, 3.63) is 6.61 Å². The van der Waals surface area contributed by atoms with Gasteiger partial charge in [-0.2, -0.15) is 0 Å². The average molecular weight is 173 g/mol. The first kappa shape index (κ1) is 11.9. The van der Waals surface area contributed by atoms with Gasteiger partial charge < -0.3 is 9.47 Å². The number of rotatable bonds is 7. The van der Waals surface area contributed by atoms with Crippen LogP contribution < -0.4 is 0 Å². The van der Waals surface area contributed by atoms with Gasteiger partial charge in [-0.1, -0.05) is 20.3 Å². The molecule has 2 atom stereocenters. The van der Waals surface area contributed by atoms with Gasteiger partial charge in [0.2, 0.25) is 0 Å². The van der Waals surface area contributed by atoms with Crippen LogP contribution in [0.15, 0.2) is 0 Å². The van der Waals surface area contributed by atoms with E-state index in [-0.39, 0.29) is 0 Å². The molecule has 0 heterocycles. The maximum absolute atomic E-state index is 5.39. The summed E-state index contributed by atoms with van der Waals surface area (Å²) in [6.45, 7) is 6.21. The molecule has 2 heteroatoms. The minimum Gasteiger partial charge on any atom is -0.381 e. The van der Waals surface area contributed by atoms with Crippen molar-refractivity contribution in [1.29, 1.82) is 0 Å². The fraction of sp³-hybridized carbons (Fsp3) is 0.900. The fourth-order valence-electron chi connectivity index (χ4n) is 1.41. The largest absolute Gasteiger partial charge is 0.381 e. The lowest BCUT2D eigenvalue weighted by Gasteiger charge is -2.23. The van der Waals surface area contributed by atoms with Gasteiger partial charge in [0.15, 0.2) is 0 Å². The van der Waals surface area contributed by atoms with Crippen LogP contribution in [0.1, 0.15) is 33.1 Å². The van der Waals surface area contributed by atoms with E-state index < -0.39 is 0 Å². The highest BCUT2D eigenvalue weighted by atomic mass is 16.5. The van der Waals surface area contributed by atoms with Gasteiger partial charge in [-0.15, -0.1) is 0 Å². The second kappa shape index (κ2) is 7.56. The van der Waals surface area contributed by atoms with Crippen molar-refractivity contribution in [1.82, 2.24) is 0 Å². The van der Waals surface area contributed by atoms with Crippen molar-refractivity contribution >= 4 is 0 Å². The van der Waals surface area contributed by atoms with Crippen LogP contribution in [0.25, 0.3) is 0 Å². The Labute approximate surface area is 76.3 Å². The smallest absolute Gasteiger partial charge is 0.0889 e. The molecule has 0 aliphatic carbocycles. The molecule has 0 saturated heterocycles. The number of methoxy groups -OCH3 is 2. The van der Waals surface area contributed by atoms with Crippen molar-refractivity contribution in [2.45, 2.75) is 39.2 Å².